The molecule has 7 nitrogen and oxygen atoms in total. The van der Waals surface area contributed by atoms with Gasteiger partial charge in [-0.1, -0.05) is 15.9 Å². The molecule has 9 heteroatoms. The van der Waals surface area contributed by atoms with Crippen LogP contribution in [0.25, 0.3) is 6.08 Å². The Morgan fingerprint density at radius 3 is 2.46 bits per heavy atom. The number of halogens is 1. The Kier molecular flexibility index (Phi) is 6.98. The summed E-state index contributed by atoms with van der Waals surface area (Å²) >= 11 is 8.59. The normalized spacial score (nSPS) is 15.2. The molecule has 2 rings (SSSR count). The highest BCUT2D eigenvalue weighted by Crippen LogP contribution is 2.35. The van der Waals surface area contributed by atoms with E-state index in [-0.39, 0.29) is 17.4 Å². The first kappa shape index (κ1) is 20.2. The third kappa shape index (κ3) is 4.53. The lowest BCUT2D eigenvalue weighted by Gasteiger charge is -2.13. The molecular formula is C17H19BrN2O5S. The Hall–Kier alpha value is -2.13. The van der Waals surface area contributed by atoms with Gasteiger partial charge >= 0.3 is 5.97 Å². The van der Waals surface area contributed by atoms with Crippen molar-refractivity contribution in [1.82, 2.24) is 10.2 Å². The topological polar surface area (TPSA) is 77.1 Å². The van der Waals surface area contributed by atoms with E-state index >= 15 is 0 Å². The highest BCUT2D eigenvalue weighted by Gasteiger charge is 2.32. The number of nitrogens with one attached hydrogen (secondary N) is 1. The quantitative estimate of drug-likeness (QED) is 0.394. The van der Waals surface area contributed by atoms with E-state index in [1.807, 2.05) is 13.8 Å². The van der Waals surface area contributed by atoms with Crippen LogP contribution in [-0.4, -0.2) is 48.8 Å². The molecule has 0 radical (unpaired) electrons. The van der Waals surface area contributed by atoms with E-state index in [9.17, 15) is 9.59 Å². The maximum absolute atomic E-state index is 12.5. The highest BCUT2D eigenvalue weighted by molar-refractivity contribution is 9.10. The summed E-state index contributed by atoms with van der Waals surface area (Å²) in [5.74, 6) is 0.226. The van der Waals surface area contributed by atoms with Gasteiger partial charge in [-0.15, -0.1) is 0 Å². The molecule has 1 aromatic carbocycles. The Morgan fingerprint density at radius 2 is 1.88 bits per heavy atom. The molecule has 0 aromatic heterocycles. The second-order valence-electron chi connectivity index (χ2n) is 5.14. The number of amides is 1. The van der Waals surface area contributed by atoms with Crippen molar-refractivity contribution in [3.63, 3.8) is 0 Å². The summed E-state index contributed by atoms with van der Waals surface area (Å²) in [4.78, 5) is 25.1. The van der Waals surface area contributed by atoms with Crippen molar-refractivity contribution in [3.8, 4) is 11.5 Å². The zero-order chi connectivity index (χ0) is 19.3. The fourth-order valence-corrected chi connectivity index (χ4v) is 2.96. The Labute approximate surface area is 165 Å². The molecule has 1 aromatic rings. The van der Waals surface area contributed by atoms with Crippen molar-refractivity contribution in [2.45, 2.75) is 13.8 Å². The second-order valence-corrected chi connectivity index (χ2v) is 6.38. The number of esters is 1. The fourth-order valence-electron chi connectivity index (χ4n) is 2.26. The van der Waals surface area contributed by atoms with Crippen LogP contribution in [0.15, 0.2) is 22.3 Å². The third-order valence-corrected chi connectivity index (χ3v) is 4.45. The van der Waals surface area contributed by atoms with Gasteiger partial charge in [-0.2, -0.15) is 0 Å². The summed E-state index contributed by atoms with van der Waals surface area (Å²) in [7, 11) is 1.25. The predicted octanol–water partition coefficient (Wildman–Crippen LogP) is 2.48. The smallest absolute Gasteiger partial charge is 0.325 e. The molecule has 0 bridgehead atoms. The van der Waals surface area contributed by atoms with Crippen LogP contribution in [-0.2, 0) is 14.3 Å². The van der Waals surface area contributed by atoms with Gasteiger partial charge in [-0.25, -0.2) is 0 Å². The van der Waals surface area contributed by atoms with Crippen LogP contribution in [0.2, 0.25) is 0 Å². The van der Waals surface area contributed by atoms with Gasteiger partial charge in [0.15, 0.2) is 16.6 Å². The minimum atomic E-state index is -0.551. The minimum Gasteiger partial charge on any atom is -0.490 e. The van der Waals surface area contributed by atoms with Crippen LogP contribution in [0.4, 0.5) is 0 Å². The number of thiocarbonyl (C=S) groups is 1. The van der Waals surface area contributed by atoms with Crippen LogP contribution >= 0.6 is 28.1 Å². The molecule has 1 aliphatic heterocycles. The number of carbonyl (C=O) groups excluding carboxylic acids is 2. The Bertz CT molecular complexity index is 766. The van der Waals surface area contributed by atoms with E-state index < -0.39 is 11.9 Å². The van der Waals surface area contributed by atoms with Gasteiger partial charge in [0.05, 0.1) is 20.3 Å². The molecule has 0 saturated carbocycles. The number of benzene rings is 1. The first-order valence-electron chi connectivity index (χ1n) is 7.91. The summed E-state index contributed by atoms with van der Waals surface area (Å²) in [6.45, 7) is 4.50. The lowest BCUT2D eigenvalue weighted by molar-refractivity contribution is -0.143. The Morgan fingerprint density at radius 1 is 1.27 bits per heavy atom. The second kappa shape index (κ2) is 9.00. The van der Waals surface area contributed by atoms with Crippen molar-refractivity contribution in [2.24, 2.45) is 0 Å². The molecule has 0 unspecified atom stereocenters. The molecule has 1 fully saturated rings. The number of hydrogen-bond donors (Lipinski definition) is 1. The van der Waals surface area contributed by atoms with Gasteiger partial charge < -0.3 is 19.5 Å². The summed E-state index contributed by atoms with van der Waals surface area (Å²) in [6, 6.07) is 3.55. The molecule has 0 atom stereocenters. The van der Waals surface area contributed by atoms with Crippen LogP contribution in [0.1, 0.15) is 19.4 Å². The third-order valence-electron chi connectivity index (χ3n) is 3.44. The first-order valence-corrected chi connectivity index (χ1v) is 9.11. The summed E-state index contributed by atoms with van der Waals surface area (Å²) in [6.07, 6.45) is 1.63. The number of carbonyl (C=O) groups is 2. The van der Waals surface area contributed by atoms with Crippen LogP contribution in [0.5, 0.6) is 11.5 Å². The molecule has 26 heavy (non-hydrogen) atoms. The maximum atomic E-state index is 12.5. The van der Waals surface area contributed by atoms with Gasteiger partial charge in [-0.3, -0.25) is 14.5 Å². The number of ether oxygens (including phenoxy) is 3. The molecule has 1 amide bonds. The molecule has 1 aliphatic rings. The standard InChI is InChI=1S/C17H19BrN2O5S/c1-4-24-13-7-10(11(18)8-14(13)25-5-2)6-12-16(22)20(17(26)19-12)9-15(21)23-3/h6-8H,4-5,9H2,1-3H3,(H,19,26)/b12-6-. The van der Waals surface area contributed by atoms with Crippen LogP contribution < -0.4 is 14.8 Å². The zero-order valence-corrected chi connectivity index (χ0v) is 17.0. The molecule has 1 N–H and O–H groups in total. The number of nitrogens with zero attached hydrogens (tertiary/aromatic N) is 1. The van der Waals surface area contributed by atoms with Crippen molar-refractivity contribution < 1.29 is 23.8 Å². The van der Waals surface area contributed by atoms with E-state index in [4.69, 9.17) is 21.7 Å². The van der Waals surface area contributed by atoms with E-state index in [1.165, 1.54) is 7.11 Å². The van der Waals surface area contributed by atoms with E-state index in [0.717, 1.165) is 9.37 Å². The van der Waals surface area contributed by atoms with Crippen molar-refractivity contribution in [1.29, 1.82) is 0 Å². The minimum absolute atomic E-state index is 0.152. The lowest BCUT2D eigenvalue weighted by Crippen LogP contribution is -2.35. The van der Waals surface area contributed by atoms with Gasteiger partial charge in [0.1, 0.15) is 12.2 Å². The molecule has 0 aliphatic carbocycles. The molecule has 1 saturated heterocycles. The van der Waals surface area contributed by atoms with Crippen molar-refractivity contribution >= 4 is 51.2 Å². The Balaban J connectivity index is 2.34. The highest BCUT2D eigenvalue weighted by atomic mass is 79.9. The zero-order valence-electron chi connectivity index (χ0n) is 14.6. The molecule has 0 spiro atoms. The first-order chi connectivity index (χ1) is 12.4. The van der Waals surface area contributed by atoms with Crippen LogP contribution in [0, 0.1) is 0 Å². The molecule has 1 heterocycles. The van der Waals surface area contributed by atoms with Crippen LogP contribution in [0.3, 0.4) is 0 Å². The van der Waals surface area contributed by atoms with Gasteiger partial charge in [0.25, 0.3) is 5.91 Å². The van der Waals surface area contributed by atoms with Crippen molar-refractivity contribution in [3.05, 3.63) is 27.9 Å². The van der Waals surface area contributed by atoms with E-state index in [2.05, 4.69) is 26.0 Å². The van der Waals surface area contributed by atoms with Gasteiger partial charge in [0, 0.05) is 4.47 Å². The number of methoxy groups -OCH3 is 1. The maximum Gasteiger partial charge on any atom is 0.325 e. The average molecular weight is 443 g/mol. The summed E-state index contributed by atoms with van der Waals surface area (Å²) < 4.78 is 16.5. The SMILES string of the molecule is CCOc1cc(Br)c(/C=C2\NC(=S)N(CC(=O)OC)C2=O)cc1OCC. The molecular weight excluding hydrogens is 424 g/mol. The van der Waals surface area contributed by atoms with E-state index in [1.54, 1.807) is 18.2 Å². The largest absolute Gasteiger partial charge is 0.490 e. The van der Waals surface area contributed by atoms with Gasteiger partial charge in [-0.05, 0) is 49.8 Å². The summed E-state index contributed by atoms with van der Waals surface area (Å²) in [5, 5.41) is 2.97. The molecule has 140 valence electrons. The van der Waals surface area contributed by atoms with Crippen molar-refractivity contribution in [2.75, 3.05) is 26.9 Å². The van der Waals surface area contributed by atoms with E-state index in [0.29, 0.717) is 30.3 Å². The average Bonchev–Trinajstić information content (AvgIpc) is 2.86. The van der Waals surface area contributed by atoms with Gasteiger partial charge in [0.2, 0.25) is 0 Å². The summed E-state index contributed by atoms with van der Waals surface area (Å²) in [5.41, 5.74) is 0.960. The number of hydrogen-bond acceptors (Lipinski definition) is 6. The monoisotopic (exact) mass is 442 g/mol. The number of rotatable bonds is 7. The lowest BCUT2D eigenvalue weighted by atomic mass is 10.1. The predicted molar refractivity (Wildman–Crippen MR) is 104 cm³/mol. The fraction of sp³-hybridized carbons (Fsp3) is 0.353.